The first kappa shape index (κ1) is 21.1. The van der Waals surface area contributed by atoms with Gasteiger partial charge in [-0.3, -0.25) is 14.6 Å². The minimum Gasteiger partial charge on any atom is -0.453 e. The van der Waals surface area contributed by atoms with Gasteiger partial charge < -0.3 is 29.8 Å². The number of nitrogen functional groups attached to an aromatic ring is 1. The molecule has 0 spiro atoms. The van der Waals surface area contributed by atoms with Gasteiger partial charge in [0.2, 0.25) is 5.95 Å². The summed E-state index contributed by atoms with van der Waals surface area (Å²) in [5.41, 5.74) is 5.76. The maximum atomic E-state index is 12.3. The van der Waals surface area contributed by atoms with E-state index in [-0.39, 0.29) is 29.6 Å². The van der Waals surface area contributed by atoms with Gasteiger partial charge in [0.05, 0.1) is 12.3 Å². The van der Waals surface area contributed by atoms with Crippen LogP contribution in [0.5, 0.6) is 0 Å². The molecule has 2 saturated heterocycles. The summed E-state index contributed by atoms with van der Waals surface area (Å²) in [7, 11) is 0. The van der Waals surface area contributed by atoms with Crippen LogP contribution in [0.3, 0.4) is 0 Å². The van der Waals surface area contributed by atoms with E-state index in [9.17, 15) is 14.7 Å². The second kappa shape index (κ2) is 8.55. The smallest absolute Gasteiger partial charge is 0.303 e. The van der Waals surface area contributed by atoms with Gasteiger partial charge in [-0.1, -0.05) is 30.3 Å². The molecular formula is C20H22N4O7. The SMILES string of the molecule is CC(=O)O[C@@H]1/C(=N/c2c(C)nc(N)[nH]c2=O)C(O)O[C@@H]2COC(c3ccccc3)O[C@H]12. The average Bonchev–Trinajstić information content (AvgIpc) is 2.72. The zero-order valence-electron chi connectivity index (χ0n) is 16.8. The van der Waals surface area contributed by atoms with Crippen molar-refractivity contribution in [2.45, 2.75) is 44.7 Å². The van der Waals surface area contributed by atoms with E-state index in [2.05, 4.69) is 15.0 Å². The molecule has 2 aliphatic heterocycles. The molecule has 1 aromatic carbocycles. The summed E-state index contributed by atoms with van der Waals surface area (Å²) in [6.07, 6.45) is -4.95. The molecule has 11 nitrogen and oxygen atoms in total. The van der Waals surface area contributed by atoms with E-state index in [1.165, 1.54) is 6.92 Å². The number of fused-ring (bicyclic) bond motifs is 1. The maximum Gasteiger partial charge on any atom is 0.303 e. The second-order valence-electron chi connectivity index (χ2n) is 7.16. The first-order chi connectivity index (χ1) is 14.8. The van der Waals surface area contributed by atoms with Gasteiger partial charge in [-0.2, -0.15) is 0 Å². The number of nitrogens with zero attached hydrogens (tertiary/aromatic N) is 2. The van der Waals surface area contributed by atoms with Crippen molar-refractivity contribution >= 4 is 23.3 Å². The Morgan fingerprint density at radius 1 is 1.32 bits per heavy atom. The Kier molecular flexibility index (Phi) is 5.83. The number of carbonyl (C=O) groups is 1. The highest BCUT2D eigenvalue weighted by Crippen LogP contribution is 2.34. The van der Waals surface area contributed by atoms with E-state index >= 15 is 0 Å². The van der Waals surface area contributed by atoms with Crippen LogP contribution in [-0.4, -0.2) is 58.0 Å². The average molecular weight is 430 g/mol. The van der Waals surface area contributed by atoms with Crippen molar-refractivity contribution in [2.24, 2.45) is 4.99 Å². The van der Waals surface area contributed by atoms with Gasteiger partial charge in [0, 0.05) is 12.5 Å². The van der Waals surface area contributed by atoms with E-state index < -0.39 is 42.4 Å². The topological polar surface area (TPSA) is 158 Å². The van der Waals surface area contributed by atoms with Gasteiger partial charge in [0.15, 0.2) is 18.7 Å². The van der Waals surface area contributed by atoms with E-state index in [1.807, 2.05) is 30.3 Å². The van der Waals surface area contributed by atoms with Gasteiger partial charge in [-0.25, -0.2) is 9.98 Å². The Morgan fingerprint density at radius 3 is 2.74 bits per heavy atom. The third kappa shape index (κ3) is 4.35. The summed E-state index contributed by atoms with van der Waals surface area (Å²) in [5.74, 6) is -0.681. The van der Waals surface area contributed by atoms with Gasteiger partial charge >= 0.3 is 5.97 Å². The standard InChI is InChI=1S/C20H22N4O7/c1-9-13(17(26)24-20(21)22-9)23-14-16(29-10(2)25)15-12(30-18(14)27)8-28-19(31-15)11-6-4-3-5-7-11/h3-7,12,15-16,18-19,27H,8H2,1-2H3,(H3,21,22,24,26)/b23-14-/t12-,15+,16-,18?,19?/m1/s1. The Labute approximate surface area is 176 Å². The van der Waals surface area contributed by atoms with E-state index in [0.29, 0.717) is 0 Å². The van der Waals surface area contributed by atoms with E-state index in [0.717, 1.165) is 5.56 Å². The second-order valence-corrected chi connectivity index (χ2v) is 7.16. The molecule has 11 heteroatoms. The lowest BCUT2D eigenvalue weighted by Crippen LogP contribution is -2.61. The monoisotopic (exact) mass is 430 g/mol. The fourth-order valence-electron chi connectivity index (χ4n) is 3.55. The van der Waals surface area contributed by atoms with Crippen LogP contribution >= 0.6 is 0 Å². The van der Waals surface area contributed by atoms with Gasteiger partial charge in [0.25, 0.3) is 5.56 Å². The number of aromatic nitrogens is 2. The van der Waals surface area contributed by atoms with Gasteiger partial charge in [-0.05, 0) is 6.92 Å². The first-order valence-corrected chi connectivity index (χ1v) is 9.61. The summed E-state index contributed by atoms with van der Waals surface area (Å²) in [4.78, 5) is 34.7. The number of rotatable bonds is 3. The van der Waals surface area contributed by atoms with Crippen LogP contribution in [-0.2, 0) is 23.7 Å². The minimum atomic E-state index is -1.55. The molecule has 0 saturated carbocycles. The number of carbonyl (C=O) groups excluding carboxylic acids is 1. The lowest BCUT2D eigenvalue weighted by molar-refractivity contribution is -0.304. The number of anilines is 1. The van der Waals surface area contributed by atoms with E-state index in [4.69, 9.17) is 24.7 Å². The fraction of sp³-hybridized carbons (Fsp3) is 0.400. The fourth-order valence-corrected chi connectivity index (χ4v) is 3.55. The number of H-pyrrole nitrogens is 1. The molecule has 3 heterocycles. The Bertz CT molecular complexity index is 1060. The van der Waals surface area contributed by atoms with Crippen molar-refractivity contribution in [3.05, 3.63) is 51.9 Å². The van der Waals surface area contributed by atoms with Crippen molar-refractivity contribution < 1.29 is 28.8 Å². The normalized spacial score (nSPS) is 29.4. The van der Waals surface area contributed by atoms with Gasteiger partial charge in [-0.15, -0.1) is 0 Å². The number of nitrogens with two attached hydrogens (primary N) is 1. The lowest BCUT2D eigenvalue weighted by Gasteiger charge is -2.44. The number of aromatic amines is 1. The molecule has 31 heavy (non-hydrogen) atoms. The Morgan fingerprint density at radius 2 is 2.06 bits per heavy atom. The van der Waals surface area contributed by atoms with E-state index in [1.54, 1.807) is 6.92 Å². The third-order valence-corrected chi connectivity index (χ3v) is 4.90. The summed E-state index contributed by atoms with van der Waals surface area (Å²) >= 11 is 0. The number of aliphatic imine (C=N–C) groups is 1. The number of hydrogen-bond acceptors (Lipinski definition) is 10. The molecular weight excluding hydrogens is 408 g/mol. The summed E-state index contributed by atoms with van der Waals surface area (Å²) in [6, 6.07) is 9.22. The van der Waals surface area contributed by atoms with Crippen LogP contribution in [0.2, 0.25) is 0 Å². The van der Waals surface area contributed by atoms with Crippen molar-refractivity contribution in [2.75, 3.05) is 12.3 Å². The molecule has 0 amide bonds. The molecule has 2 aliphatic rings. The predicted molar refractivity (Wildman–Crippen MR) is 108 cm³/mol. The highest BCUT2D eigenvalue weighted by molar-refractivity contribution is 5.96. The summed E-state index contributed by atoms with van der Waals surface area (Å²) < 4.78 is 22.8. The highest BCUT2D eigenvalue weighted by Gasteiger charge is 2.49. The number of aliphatic hydroxyl groups is 1. The zero-order chi connectivity index (χ0) is 22.1. The number of nitrogens with one attached hydrogen (secondary N) is 1. The molecule has 2 aromatic rings. The summed E-state index contributed by atoms with van der Waals surface area (Å²) in [6.45, 7) is 2.86. The highest BCUT2D eigenvalue weighted by atomic mass is 16.7. The molecule has 2 fully saturated rings. The zero-order valence-corrected chi connectivity index (χ0v) is 16.8. The lowest BCUT2D eigenvalue weighted by atomic mass is 9.97. The molecule has 5 atom stereocenters. The molecule has 0 aliphatic carbocycles. The van der Waals surface area contributed by atoms with Gasteiger partial charge in [0.1, 0.15) is 23.6 Å². The Hall–Kier alpha value is -3.12. The van der Waals surface area contributed by atoms with Crippen molar-refractivity contribution in [1.82, 2.24) is 9.97 Å². The van der Waals surface area contributed by atoms with Crippen LogP contribution < -0.4 is 11.3 Å². The van der Waals surface area contributed by atoms with Crippen LogP contribution in [0.4, 0.5) is 11.6 Å². The largest absolute Gasteiger partial charge is 0.453 e. The molecule has 0 radical (unpaired) electrons. The molecule has 2 unspecified atom stereocenters. The molecule has 164 valence electrons. The number of benzene rings is 1. The molecule has 0 bridgehead atoms. The maximum absolute atomic E-state index is 12.3. The quantitative estimate of drug-likeness (QED) is 0.589. The minimum absolute atomic E-state index is 0.0676. The number of ether oxygens (including phenoxy) is 4. The molecule has 4 rings (SSSR count). The van der Waals surface area contributed by atoms with Crippen molar-refractivity contribution in [3.8, 4) is 0 Å². The summed E-state index contributed by atoms with van der Waals surface area (Å²) in [5, 5.41) is 10.6. The molecule has 1 aromatic heterocycles. The first-order valence-electron chi connectivity index (χ1n) is 9.61. The Balaban J connectivity index is 1.72. The van der Waals surface area contributed by atoms with Crippen LogP contribution in [0.15, 0.2) is 40.1 Å². The van der Waals surface area contributed by atoms with Crippen LogP contribution in [0.1, 0.15) is 24.5 Å². The number of aryl methyl sites for hydroxylation is 1. The third-order valence-electron chi connectivity index (χ3n) is 4.90. The number of esters is 1. The number of aliphatic hydroxyl groups excluding tert-OH is 1. The van der Waals surface area contributed by atoms with Crippen molar-refractivity contribution in [1.29, 1.82) is 0 Å². The predicted octanol–water partition coefficient (Wildman–Crippen LogP) is 0.496. The molecule has 4 N–H and O–H groups in total. The number of hydrogen-bond donors (Lipinski definition) is 3. The van der Waals surface area contributed by atoms with Crippen LogP contribution in [0.25, 0.3) is 0 Å². The van der Waals surface area contributed by atoms with Crippen molar-refractivity contribution in [3.63, 3.8) is 0 Å². The van der Waals surface area contributed by atoms with Crippen LogP contribution in [0, 0.1) is 6.92 Å².